The number of carbonyl (C=O) groups is 2. The molecule has 2 heterocycles. The second kappa shape index (κ2) is 14.6. The van der Waals surface area contributed by atoms with Crippen molar-refractivity contribution in [1.29, 1.82) is 0 Å². The summed E-state index contributed by atoms with van der Waals surface area (Å²) in [6, 6.07) is 12.4. The quantitative estimate of drug-likeness (QED) is 0.329. The van der Waals surface area contributed by atoms with Crippen LogP contribution in [0.2, 0.25) is 10.0 Å². The first-order valence-electron chi connectivity index (χ1n) is 13.6. The van der Waals surface area contributed by atoms with E-state index >= 15 is 0 Å². The van der Waals surface area contributed by atoms with E-state index in [1.54, 1.807) is 18.7 Å². The van der Waals surface area contributed by atoms with Gasteiger partial charge in [-0.15, -0.1) is 0 Å². The summed E-state index contributed by atoms with van der Waals surface area (Å²) in [6.07, 6.45) is 6.00. The molecule has 2 fully saturated rings. The molecule has 0 aliphatic carbocycles. The molecule has 0 radical (unpaired) electrons. The number of piperazine rings is 1. The number of esters is 1. The molecule has 2 aliphatic rings. The normalized spacial score (nSPS) is 19.0. The number of carbonyl (C=O) groups excluding carboxylic acids is 2. The largest absolute Gasteiger partial charge is 0.466 e. The molecule has 39 heavy (non-hydrogen) atoms. The zero-order chi connectivity index (χ0) is 27.8. The van der Waals surface area contributed by atoms with E-state index in [2.05, 4.69) is 34.1 Å². The number of likely N-dealkylation sites (tertiary alicyclic amines) is 1. The van der Waals surface area contributed by atoms with E-state index in [0.29, 0.717) is 16.7 Å². The summed E-state index contributed by atoms with van der Waals surface area (Å²) >= 11 is 15.1. The minimum absolute atomic E-state index is 0.0579. The molecule has 0 saturated carbocycles. The van der Waals surface area contributed by atoms with Crippen LogP contribution in [0, 0.1) is 5.92 Å². The van der Waals surface area contributed by atoms with Crippen LogP contribution in [0.4, 0.5) is 0 Å². The highest BCUT2D eigenvalue weighted by atomic mass is 35.5. The Kier molecular flexibility index (Phi) is 11.2. The number of nitrogens with zero attached hydrogens (tertiary/aromatic N) is 3. The molecule has 1 atom stereocenters. The fourth-order valence-electron chi connectivity index (χ4n) is 5.07. The van der Waals surface area contributed by atoms with Crippen molar-refractivity contribution in [2.75, 3.05) is 52.4 Å². The summed E-state index contributed by atoms with van der Waals surface area (Å²) in [5, 5.41) is 1.10. The van der Waals surface area contributed by atoms with Gasteiger partial charge in [0, 0.05) is 62.5 Å². The molecule has 2 aromatic rings. The molecule has 0 aromatic heterocycles. The molecule has 0 N–H and O–H groups in total. The molecule has 2 aliphatic heterocycles. The third-order valence-electron chi connectivity index (χ3n) is 7.27. The van der Waals surface area contributed by atoms with Crippen molar-refractivity contribution in [3.63, 3.8) is 0 Å². The Bertz CT molecular complexity index is 1180. The Hall–Kier alpha value is -2.03. The lowest BCUT2D eigenvalue weighted by Gasteiger charge is -2.33. The van der Waals surface area contributed by atoms with Gasteiger partial charge in [0.05, 0.1) is 22.6 Å². The monoisotopic (exact) mass is 589 g/mol. The van der Waals surface area contributed by atoms with Gasteiger partial charge in [-0.3, -0.25) is 19.4 Å². The van der Waals surface area contributed by atoms with Crippen LogP contribution in [0.1, 0.15) is 37.8 Å². The highest BCUT2D eigenvalue weighted by molar-refractivity contribution is 7.99. The van der Waals surface area contributed by atoms with Crippen LogP contribution in [0.3, 0.4) is 0 Å². The molecule has 6 nitrogen and oxygen atoms in total. The van der Waals surface area contributed by atoms with Gasteiger partial charge in [0.25, 0.3) is 0 Å². The van der Waals surface area contributed by atoms with E-state index in [1.807, 2.05) is 36.1 Å². The van der Waals surface area contributed by atoms with Gasteiger partial charge in [-0.1, -0.05) is 71.4 Å². The van der Waals surface area contributed by atoms with Gasteiger partial charge >= 0.3 is 5.97 Å². The van der Waals surface area contributed by atoms with Crippen molar-refractivity contribution in [1.82, 2.24) is 14.7 Å². The van der Waals surface area contributed by atoms with E-state index in [0.717, 1.165) is 80.6 Å². The van der Waals surface area contributed by atoms with Crippen LogP contribution in [-0.2, 0) is 20.9 Å². The lowest BCUT2D eigenvalue weighted by atomic mass is 9.98. The Balaban J connectivity index is 1.38. The van der Waals surface area contributed by atoms with Crippen molar-refractivity contribution in [3.05, 3.63) is 63.6 Å². The molecule has 4 rings (SSSR count). The fourth-order valence-corrected chi connectivity index (χ4v) is 6.62. The van der Waals surface area contributed by atoms with E-state index in [4.69, 9.17) is 27.9 Å². The smallest absolute Gasteiger partial charge is 0.310 e. The number of hydrogen-bond acceptors (Lipinski definition) is 6. The molecule has 1 unspecified atom stereocenters. The number of amides is 1. The summed E-state index contributed by atoms with van der Waals surface area (Å²) < 4.78 is 5.27. The van der Waals surface area contributed by atoms with E-state index in [9.17, 15) is 9.59 Å². The summed E-state index contributed by atoms with van der Waals surface area (Å²) in [6.45, 7) is 10.4. The molecule has 2 aromatic carbocycles. The van der Waals surface area contributed by atoms with Crippen LogP contribution >= 0.6 is 35.0 Å². The Morgan fingerprint density at radius 1 is 1.00 bits per heavy atom. The first-order valence-corrected chi connectivity index (χ1v) is 15.2. The first kappa shape index (κ1) is 29.9. The van der Waals surface area contributed by atoms with Crippen molar-refractivity contribution < 1.29 is 14.3 Å². The average molecular weight is 591 g/mol. The third-order valence-corrected chi connectivity index (χ3v) is 9.45. The maximum absolute atomic E-state index is 12.3. The molecular weight excluding hydrogens is 553 g/mol. The second-order valence-electron chi connectivity index (χ2n) is 10.0. The summed E-state index contributed by atoms with van der Waals surface area (Å²) in [5.41, 5.74) is 2.09. The third kappa shape index (κ3) is 8.24. The van der Waals surface area contributed by atoms with Crippen molar-refractivity contribution in [3.8, 4) is 0 Å². The average Bonchev–Trinajstić information content (AvgIpc) is 2.94. The molecule has 2 saturated heterocycles. The summed E-state index contributed by atoms with van der Waals surface area (Å²) in [5.74, 6) is -0.00479. The Morgan fingerprint density at radius 3 is 2.51 bits per heavy atom. The number of rotatable bonds is 9. The summed E-state index contributed by atoms with van der Waals surface area (Å²) in [7, 11) is 0. The highest BCUT2D eigenvalue weighted by Gasteiger charge is 2.27. The first-order chi connectivity index (χ1) is 18.9. The zero-order valence-electron chi connectivity index (χ0n) is 22.7. The number of benzene rings is 2. The molecule has 9 heteroatoms. The predicted octanol–water partition coefficient (Wildman–Crippen LogP) is 6.10. The lowest BCUT2D eigenvalue weighted by Crippen LogP contribution is -2.47. The molecular formula is C30H37Cl2N3O3S. The second-order valence-corrected chi connectivity index (χ2v) is 11.9. The number of halogens is 2. The minimum Gasteiger partial charge on any atom is -0.466 e. The van der Waals surface area contributed by atoms with E-state index < -0.39 is 0 Å². The highest BCUT2D eigenvalue weighted by Crippen LogP contribution is 2.40. The van der Waals surface area contributed by atoms with Gasteiger partial charge in [-0.25, -0.2) is 0 Å². The van der Waals surface area contributed by atoms with Gasteiger partial charge in [0.15, 0.2) is 0 Å². The van der Waals surface area contributed by atoms with Gasteiger partial charge in [-0.05, 0) is 49.6 Å². The van der Waals surface area contributed by atoms with Crippen LogP contribution < -0.4 is 0 Å². The van der Waals surface area contributed by atoms with E-state index in [1.165, 1.54) is 5.56 Å². The van der Waals surface area contributed by atoms with Crippen LogP contribution in [-0.4, -0.2) is 79.0 Å². The van der Waals surface area contributed by atoms with Gasteiger partial charge in [0.1, 0.15) is 0 Å². The standard InChI is InChI=1S/C30H37Cl2N3O3S/c1-3-38-30(37)25-10-7-15-34(21-25)20-24-8-4-5-11-26(24)39-27-13-12-23(28(31)29(27)32)9-6-14-33-16-18-35(19-17-33)22(2)36/h4-6,8-9,11-13,25H,3,7,10,14-21H2,1-2H3/b9-6+. The van der Waals surface area contributed by atoms with Gasteiger partial charge in [-0.2, -0.15) is 0 Å². The minimum atomic E-state index is -0.0871. The molecule has 210 valence electrons. The van der Waals surface area contributed by atoms with Crippen molar-refractivity contribution >= 4 is 52.9 Å². The van der Waals surface area contributed by atoms with Crippen LogP contribution in [0.25, 0.3) is 6.08 Å². The van der Waals surface area contributed by atoms with E-state index in [-0.39, 0.29) is 17.8 Å². The zero-order valence-corrected chi connectivity index (χ0v) is 25.0. The van der Waals surface area contributed by atoms with Gasteiger partial charge in [0.2, 0.25) is 5.91 Å². The topological polar surface area (TPSA) is 53.1 Å². The SMILES string of the molecule is CCOC(=O)C1CCCN(Cc2ccccc2Sc2ccc(/C=C/CN3CCN(C(C)=O)CC3)c(Cl)c2Cl)C1. The molecule has 0 spiro atoms. The van der Waals surface area contributed by atoms with Gasteiger partial charge < -0.3 is 9.64 Å². The maximum atomic E-state index is 12.3. The Labute approximate surface area is 246 Å². The number of ether oxygens (including phenoxy) is 1. The maximum Gasteiger partial charge on any atom is 0.310 e. The number of piperidine rings is 1. The van der Waals surface area contributed by atoms with Crippen LogP contribution in [0.5, 0.6) is 0 Å². The molecule has 1 amide bonds. The van der Waals surface area contributed by atoms with Crippen LogP contribution in [0.15, 0.2) is 52.3 Å². The Morgan fingerprint density at radius 2 is 1.77 bits per heavy atom. The number of hydrogen-bond donors (Lipinski definition) is 0. The lowest BCUT2D eigenvalue weighted by molar-refractivity contribution is -0.150. The fraction of sp³-hybridized carbons (Fsp3) is 0.467. The molecule has 0 bridgehead atoms. The van der Waals surface area contributed by atoms with Crippen molar-refractivity contribution in [2.24, 2.45) is 5.92 Å². The van der Waals surface area contributed by atoms with Crippen molar-refractivity contribution in [2.45, 2.75) is 43.0 Å². The summed E-state index contributed by atoms with van der Waals surface area (Å²) in [4.78, 5) is 32.4. The predicted molar refractivity (Wildman–Crippen MR) is 159 cm³/mol.